The fourth-order valence-electron chi connectivity index (χ4n) is 4.39. The lowest BCUT2D eigenvalue weighted by Gasteiger charge is -2.41. The molecule has 166 valence electrons. The third-order valence-corrected chi connectivity index (χ3v) is 6.25. The standard InChI is InChI=1S/C26H34N2O3/c1-21(22-11-5-3-6-12-22)27-19-17-24(18-20-27)28(23-13-7-4-8-14-23)25(29)15-9-10-16-26(30)31-2/h3-8,11-14,21,24H,9-10,15-20H2,1-2H3. The molecule has 3 rings (SSSR count). The molecule has 1 unspecified atom stereocenters. The lowest BCUT2D eigenvalue weighted by atomic mass is 9.98. The van der Waals surface area contributed by atoms with Gasteiger partial charge in [0.15, 0.2) is 0 Å². The van der Waals surface area contributed by atoms with E-state index in [1.807, 2.05) is 35.2 Å². The number of methoxy groups -OCH3 is 1. The summed E-state index contributed by atoms with van der Waals surface area (Å²) in [6.45, 7) is 4.20. The fourth-order valence-corrected chi connectivity index (χ4v) is 4.39. The second kappa shape index (κ2) is 11.7. The number of hydrogen-bond donors (Lipinski definition) is 0. The molecule has 0 N–H and O–H groups in total. The van der Waals surface area contributed by atoms with Gasteiger partial charge in [-0.25, -0.2) is 0 Å². The SMILES string of the molecule is COC(=O)CCCCC(=O)N(c1ccccc1)C1CCN(C(C)c2ccccc2)CC1. The average Bonchev–Trinajstić information content (AvgIpc) is 2.83. The predicted molar refractivity (Wildman–Crippen MR) is 124 cm³/mol. The number of unbranched alkanes of at least 4 members (excludes halogenated alkanes) is 1. The number of carbonyl (C=O) groups is 2. The van der Waals surface area contributed by atoms with Crippen molar-refractivity contribution >= 4 is 17.6 Å². The molecule has 5 heteroatoms. The van der Waals surface area contributed by atoms with Gasteiger partial charge in [0, 0.05) is 43.7 Å². The van der Waals surface area contributed by atoms with Crippen LogP contribution in [0.2, 0.25) is 0 Å². The van der Waals surface area contributed by atoms with E-state index in [0.29, 0.717) is 31.7 Å². The van der Waals surface area contributed by atoms with E-state index >= 15 is 0 Å². The van der Waals surface area contributed by atoms with Crippen LogP contribution in [0.3, 0.4) is 0 Å². The van der Waals surface area contributed by atoms with Crippen molar-refractivity contribution in [2.45, 2.75) is 57.5 Å². The maximum absolute atomic E-state index is 13.2. The van der Waals surface area contributed by atoms with Gasteiger partial charge in [0.25, 0.3) is 0 Å². The number of likely N-dealkylation sites (tertiary alicyclic amines) is 1. The Bertz CT molecular complexity index is 817. The molecule has 0 aromatic heterocycles. The molecule has 0 aliphatic carbocycles. The van der Waals surface area contributed by atoms with Crippen LogP contribution < -0.4 is 4.90 Å². The maximum Gasteiger partial charge on any atom is 0.305 e. The molecule has 2 aromatic carbocycles. The highest BCUT2D eigenvalue weighted by molar-refractivity contribution is 5.94. The van der Waals surface area contributed by atoms with Gasteiger partial charge in [-0.3, -0.25) is 14.5 Å². The number of amides is 1. The van der Waals surface area contributed by atoms with Crippen LogP contribution >= 0.6 is 0 Å². The Morgan fingerprint density at radius 2 is 1.55 bits per heavy atom. The second-order valence-corrected chi connectivity index (χ2v) is 8.24. The number of rotatable bonds is 9. The number of hydrogen-bond acceptors (Lipinski definition) is 4. The quantitative estimate of drug-likeness (QED) is 0.422. The first-order valence-corrected chi connectivity index (χ1v) is 11.3. The van der Waals surface area contributed by atoms with Crippen molar-refractivity contribution in [1.82, 2.24) is 4.90 Å². The van der Waals surface area contributed by atoms with Gasteiger partial charge in [0.1, 0.15) is 0 Å². The van der Waals surface area contributed by atoms with Gasteiger partial charge in [-0.2, -0.15) is 0 Å². The van der Waals surface area contributed by atoms with Crippen molar-refractivity contribution in [2.24, 2.45) is 0 Å². The summed E-state index contributed by atoms with van der Waals surface area (Å²) < 4.78 is 4.69. The van der Waals surface area contributed by atoms with Crippen molar-refractivity contribution in [3.63, 3.8) is 0 Å². The average molecular weight is 423 g/mol. The van der Waals surface area contributed by atoms with Crippen LogP contribution in [0.15, 0.2) is 60.7 Å². The molecule has 1 saturated heterocycles. The first-order chi connectivity index (χ1) is 15.1. The first kappa shape index (κ1) is 23.0. The lowest BCUT2D eigenvalue weighted by Crippen LogP contribution is -2.48. The minimum Gasteiger partial charge on any atom is -0.469 e. The monoisotopic (exact) mass is 422 g/mol. The molecule has 0 bridgehead atoms. The van der Waals surface area contributed by atoms with Crippen LogP contribution in [0.5, 0.6) is 0 Å². The predicted octanol–water partition coefficient (Wildman–Crippen LogP) is 4.98. The topological polar surface area (TPSA) is 49.9 Å². The summed E-state index contributed by atoms with van der Waals surface area (Å²) in [6, 6.07) is 21.2. The van der Waals surface area contributed by atoms with E-state index < -0.39 is 0 Å². The number of ether oxygens (including phenoxy) is 1. The van der Waals surface area contributed by atoms with E-state index in [1.54, 1.807) is 0 Å². The Kier molecular flexibility index (Phi) is 8.65. The third kappa shape index (κ3) is 6.41. The van der Waals surface area contributed by atoms with Crippen LogP contribution in [0.1, 0.15) is 57.1 Å². The maximum atomic E-state index is 13.2. The summed E-state index contributed by atoms with van der Waals surface area (Å²) in [6.07, 6.45) is 4.10. The number of benzene rings is 2. The highest BCUT2D eigenvalue weighted by atomic mass is 16.5. The van der Waals surface area contributed by atoms with Crippen LogP contribution in [0.4, 0.5) is 5.69 Å². The number of nitrogens with zero attached hydrogens (tertiary/aromatic N) is 2. The van der Waals surface area contributed by atoms with Crippen LogP contribution in [0.25, 0.3) is 0 Å². The second-order valence-electron chi connectivity index (χ2n) is 8.24. The molecule has 5 nitrogen and oxygen atoms in total. The normalized spacial score (nSPS) is 15.9. The smallest absolute Gasteiger partial charge is 0.305 e. The molecule has 1 heterocycles. The van der Waals surface area contributed by atoms with E-state index in [1.165, 1.54) is 12.7 Å². The summed E-state index contributed by atoms with van der Waals surface area (Å²) >= 11 is 0. The molecule has 1 fully saturated rings. The highest BCUT2D eigenvalue weighted by Gasteiger charge is 2.30. The van der Waals surface area contributed by atoms with Crippen LogP contribution in [-0.2, 0) is 14.3 Å². The Morgan fingerprint density at radius 3 is 2.16 bits per heavy atom. The number of carbonyl (C=O) groups excluding carboxylic acids is 2. The van der Waals surface area contributed by atoms with Gasteiger partial charge >= 0.3 is 5.97 Å². The minimum atomic E-state index is -0.215. The summed E-state index contributed by atoms with van der Waals surface area (Å²) in [4.78, 5) is 29.0. The summed E-state index contributed by atoms with van der Waals surface area (Å²) in [5.41, 5.74) is 2.30. The van der Waals surface area contributed by atoms with Gasteiger partial charge in [0.2, 0.25) is 5.91 Å². The summed E-state index contributed by atoms with van der Waals surface area (Å²) in [7, 11) is 1.40. The van der Waals surface area contributed by atoms with Crippen molar-refractivity contribution in [3.8, 4) is 0 Å². The Balaban J connectivity index is 1.61. The molecule has 1 atom stereocenters. The van der Waals surface area contributed by atoms with Gasteiger partial charge in [-0.1, -0.05) is 48.5 Å². The molecule has 0 saturated carbocycles. The lowest BCUT2D eigenvalue weighted by molar-refractivity contribution is -0.140. The largest absolute Gasteiger partial charge is 0.469 e. The molecule has 0 spiro atoms. The number of anilines is 1. The minimum absolute atomic E-state index is 0.144. The Labute approximate surface area is 186 Å². The molecule has 31 heavy (non-hydrogen) atoms. The fraction of sp³-hybridized carbons (Fsp3) is 0.462. The van der Waals surface area contributed by atoms with Gasteiger partial charge in [-0.15, -0.1) is 0 Å². The third-order valence-electron chi connectivity index (χ3n) is 6.25. The van der Waals surface area contributed by atoms with Gasteiger partial charge < -0.3 is 9.64 Å². The zero-order valence-electron chi connectivity index (χ0n) is 18.7. The van der Waals surface area contributed by atoms with Crippen molar-refractivity contribution < 1.29 is 14.3 Å². The summed E-state index contributed by atoms with van der Waals surface area (Å²) in [5, 5.41) is 0. The van der Waals surface area contributed by atoms with Gasteiger partial charge in [0.05, 0.1) is 7.11 Å². The Morgan fingerprint density at radius 1 is 0.968 bits per heavy atom. The zero-order valence-corrected chi connectivity index (χ0v) is 18.7. The van der Waals surface area contributed by atoms with Crippen LogP contribution in [0, 0.1) is 0 Å². The number of para-hydroxylation sites is 1. The molecule has 1 aliphatic rings. The summed E-state index contributed by atoms with van der Waals surface area (Å²) in [5.74, 6) is -0.0714. The molecule has 1 amide bonds. The van der Waals surface area contributed by atoms with E-state index in [-0.39, 0.29) is 17.9 Å². The molecule has 2 aromatic rings. The highest BCUT2D eigenvalue weighted by Crippen LogP contribution is 2.29. The van der Waals surface area contributed by atoms with E-state index in [0.717, 1.165) is 31.6 Å². The van der Waals surface area contributed by atoms with E-state index in [9.17, 15) is 9.59 Å². The van der Waals surface area contributed by atoms with Crippen LogP contribution in [-0.4, -0.2) is 43.0 Å². The van der Waals surface area contributed by atoms with Crippen molar-refractivity contribution in [3.05, 3.63) is 66.2 Å². The van der Waals surface area contributed by atoms with Crippen molar-refractivity contribution in [1.29, 1.82) is 0 Å². The zero-order chi connectivity index (χ0) is 22.1. The number of esters is 1. The molecular weight excluding hydrogens is 388 g/mol. The number of piperidine rings is 1. The molecular formula is C26H34N2O3. The van der Waals surface area contributed by atoms with E-state index in [4.69, 9.17) is 4.74 Å². The molecule has 0 radical (unpaired) electrons. The molecule has 1 aliphatic heterocycles. The van der Waals surface area contributed by atoms with Crippen molar-refractivity contribution in [2.75, 3.05) is 25.1 Å². The van der Waals surface area contributed by atoms with E-state index in [2.05, 4.69) is 42.2 Å². The first-order valence-electron chi connectivity index (χ1n) is 11.3. The van der Waals surface area contributed by atoms with Gasteiger partial charge in [-0.05, 0) is 50.3 Å². The Hall–Kier alpha value is -2.66.